The number of benzene rings is 1. The number of aryl methyl sites for hydroxylation is 2. The quantitative estimate of drug-likeness (QED) is 0.721. The molecule has 2 aromatic heterocycles. The Morgan fingerprint density at radius 1 is 1.19 bits per heavy atom. The molecular formula is C21H23N3OS. The van der Waals surface area contributed by atoms with E-state index >= 15 is 0 Å². The molecule has 0 bridgehead atoms. The number of fused-ring (bicyclic) bond motifs is 1. The topological polar surface area (TPSA) is 46.9 Å². The Labute approximate surface area is 157 Å². The third-order valence-corrected chi connectivity index (χ3v) is 6.09. The molecule has 1 N–H and O–H groups in total. The third-order valence-electron chi connectivity index (χ3n) is 4.85. The molecule has 0 saturated heterocycles. The van der Waals surface area contributed by atoms with Crippen LogP contribution in [0.1, 0.15) is 44.3 Å². The predicted molar refractivity (Wildman–Crippen MR) is 105 cm³/mol. The summed E-state index contributed by atoms with van der Waals surface area (Å²) in [6, 6.07) is 12.4. The fourth-order valence-electron chi connectivity index (χ4n) is 3.47. The maximum atomic E-state index is 12.4. The van der Waals surface area contributed by atoms with Crippen molar-refractivity contribution in [1.82, 2.24) is 14.9 Å². The summed E-state index contributed by atoms with van der Waals surface area (Å²) in [5, 5.41) is 3.06. The molecule has 0 aliphatic heterocycles. The number of nitrogens with one attached hydrogen (secondary N) is 1. The standard InChI is InChI=1S/C21H23N3OS/c25-21(19-14-17-8-4-5-9-18(17)26-19)23-11-10-20-22-12-13-24(20)15-16-6-2-1-3-7-16/h1-3,6-7,12-14H,4-5,8-11,15H2,(H,23,25). The number of carbonyl (C=O) groups excluding carboxylic acids is 1. The van der Waals surface area contributed by atoms with Gasteiger partial charge in [-0.15, -0.1) is 11.3 Å². The molecule has 1 aromatic carbocycles. The van der Waals surface area contributed by atoms with Gasteiger partial charge >= 0.3 is 0 Å². The summed E-state index contributed by atoms with van der Waals surface area (Å²) in [5.41, 5.74) is 2.63. The lowest BCUT2D eigenvalue weighted by Gasteiger charge is -2.08. The molecule has 1 amide bonds. The number of imidazole rings is 1. The molecular weight excluding hydrogens is 342 g/mol. The molecule has 0 atom stereocenters. The second-order valence-corrected chi connectivity index (χ2v) is 7.87. The third kappa shape index (κ3) is 3.88. The van der Waals surface area contributed by atoms with Crippen LogP contribution in [0.5, 0.6) is 0 Å². The highest BCUT2D eigenvalue weighted by Gasteiger charge is 2.17. The van der Waals surface area contributed by atoms with Crippen LogP contribution in [-0.4, -0.2) is 22.0 Å². The van der Waals surface area contributed by atoms with Gasteiger partial charge in [-0.3, -0.25) is 4.79 Å². The Bertz CT molecular complexity index is 858. The Kier molecular flexibility index (Phi) is 5.16. The molecule has 26 heavy (non-hydrogen) atoms. The first-order chi connectivity index (χ1) is 12.8. The van der Waals surface area contributed by atoms with Gasteiger partial charge < -0.3 is 9.88 Å². The molecule has 2 heterocycles. The van der Waals surface area contributed by atoms with Crippen molar-refractivity contribution in [2.75, 3.05) is 6.54 Å². The van der Waals surface area contributed by atoms with Crippen molar-refractivity contribution in [2.24, 2.45) is 0 Å². The average molecular weight is 366 g/mol. The van der Waals surface area contributed by atoms with E-state index in [2.05, 4.69) is 33.1 Å². The van der Waals surface area contributed by atoms with Gasteiger partial charge in [0.05, 0.1) is 4.88 Å². The van der Waals surface area contributed by atoms with Gasteiger partial charge in [0.15, 0.2) is 0 Å². The van der Waals surface area contributed by atoms with Crippen molar-refractivity contribution < 1.29 is 4.79 Å². The highest BCUT2D eigenvalue weighted by molar-refractivity contribution is 7.14. The van der Waals surface area contributed by atoms with Gasteiger partial charge in [0.2, 0.25) is 0 Å². The Morgan fingerprint density at radius 3 is 2.88 bits per heavy atom. The van der Waals surface area contributed by atoms with Gasteiger partial charge in [0.1, 0.15) is 5.82 Å². The number of aromatic nitrogens is 2. The van der Waals surface area contributed by atoms with Crippen molar-refractivity contribution in [1.29, 1.82) is 0 Å². The summed E-state index contributed by atoms with van der Waals surface area (Å²) in [6.07, 6.45) is 9.30. The maximum absolute atomic E-state index is 12.4. The molecule has 0 unspecified atom stereocenters. The van der Waals surface area contributed by atoms with Crippen LogP contribution >= 0.6 is 11.3 Å². The van der Waals surface area contributed by atoms with Gasteiger partial charge in [-0.2, -0.15) is 0 Å². The van der Waals surface area contributed by atoms with Crippen LogP contribution in [0.4, 0.5) is 0 Å². The molecule has 0 fully saturated rings. The van der Waals surface area contributed by atoms with Crippen LogP contribution in [0.25, 0.3) is 0 Å². The normalized spacial score (nSPS) is 13.4. The van der Waals surface area contributed by atoms with Crippen LogP contribution in [0.2, 0.25) is 0 Å². The van der Waals surface area contributed by atoms with Crippen LogP contribution in [0.15, 0.2) is 48.8 Å². The summed E-state index contributed by atoms with van der Waals surface area (Å²) in [6.45, 7) is 1.41. The van der Waals surface area contributed by atoms with E-state index in [-0.39, 0.29) is 5.91 Å². The molecule has 1 aliphatic rings. The fourth-order valence-corrected chi connectivity index (χ4v) is 4.64. The number of amides is 1. The molecule has 4 nitrogen and oxygen atoms in total. The van der Waals surface area contributed by atoms with Crippen LogP contribution in [-0.2, 0) is 25.8 Å². The van der Waals surface area contributed by atoms with E-state index in [1.807, 2.05) is 30.6 Å². The molecule has 4 rings (SSSR count). The van der Waals surface area contributed by atoms with Crippen molar-refractivity contribution in [2.45, 2.75) is 38.6 Å². The first-order valence-electron chi connectivity index (χ1n) is 9.23. The summed E-state index contributed by atoms with van der Waals surface area (Å²) < 4.78 is 2.14. The molecule has 5 heteroatoms. The summed E-state index contributed by atoms with van der Waals surface area (Å²) in [7, 11) is 0. The lowest BCUT2D eigenvalue weighted by Crippen LogP contribution is -2.25. The maximum Gasteiger partial charge on any atom is 0.261 e. The number of carbonyl (C=O) groups is 1. The van der Waals surface area contributed by atoms with E-state index in [4.69, 9.17) is 0 Å². The fraction of sp³-hybridized carbons (Fsp3) is 0.333. The summed E-state index contributed by atoms with van der Waals surface area (Å²) in [5.74, 6) is 1.05. The number of thiophene rings is 1. The molecule has 3 aromatic rings. The zero-order chi connectivity index (χ0) is 17.8. The minimum atomic E-state index is 0.0468. The van der Waals surface area contributed by atoms with E-state index in [0.717, 1.165) is 36.5 Å². The average Bonchev–Trinajstić information content (AvgIpc) is 3.29. The lowest BCUT2D eigenvalue weighted by molar-refractivity contribution is 0.0958. The zero-order valence-corrected chi connectivity index (χ0v) is 15.6. The number of nitrogens with zero attached hydrogens (tertiary/aromatic N) is 2. The largest absolute Gasteiger partial charge is 0.351 e. The van der Waals surface area contributed by atoms with Crippen LogP contribution in [0, 0.1) is 0 Å². The number of hydrogen-bond acceptors (Lipinski definition) is 3. The smallest absolute Gasteiger partial charge is 0.261 e. The Morgan fingerprint density at radius 2 is 2.04 bits per heavy atom. The predicted octanol–water partition coefficient (Wildman–Crippen LogP) is 3.84. The van der Waals surface area contributed by atoms with E-state index in [1.165, 1.54) is 28.8 Å². The highest BCUT2D eigenvalue weighted by atomic mass is 32.1. The monoisotopic (exact) mass is 365 g/mol. The van der Waals surface area contributed by atoms with E-state index in [0.29, 0.717) is 6.54 Å². The van der Waals surface area contributed by atoms with Crippen molar-refractivity contribution in [3.05, 3.63) is 75.5 Å². The summed E-state index contributed by atoms with van der Waals surface area (Å²) >= 11 is 1.66. The summed E-state index contributed by atoms with van der Waals surface area (Å²) in [4.78, 5) is 19.1. The molecule has 0 radical (unpaired) electrons. The number of rotatable bonds is 6. The minimum Gasteiger partial charge on any atom is -0.351 e. The van der Waals surface area contributed by atoms with E-state index in [1.54, 1.807) is 11.3 Å². The van der Waals surface area contributed by atoms with Gasteiger partial charge in [-0.25, -0.2) is 4.98 Å². The number of hydrogen-bond donors (Lipinski definition) is 1. The van der Waals surface area contributed by atoms with Gasteiger partial charge in [0.25, 0.3) is 5.91 Å². The van der Waals surface area contributed by atoms with Gasteiger partial charge in [0, 0.05) is 36.8 Å². The van der Waals surface area contributed by atoms with Crippen molar-refractivity contribution in [3.63, 3.8) is 0 Å². The molecule has 0 saturated carbocycles. The minimum absolute atomic E-state index is 0.0468. The Hall–Kier alpha value is -2.40. The highest BCUT2D eigenvalue weighted by Crippen LogP contribution is 2.29. The molecule has 0 spiro atoms. The van der Waals surface area contributed by atoms with Crippen LogP contribution < -0.4 is 5.32 Å². The second kappa shape index (κ2) is 7.87. The lowest BCUT2D eigenvalue weighted by atomic mass is 9.99. The van der Waals surface area contributed by atoms with Crippen LogP contribution in [0.3, 0.4) is 0 Å². The first-order valence-corrected chi connectivity index (χ1v) is 10.0. The molecule has 1 aliphatic carbocycles. The first kappa shape index (κ1) is 17.0. The second-order valence-electron chi connectivity index (χ2n) is 6.73. The zero-order valence-electron chi connectivity index (χ0n) is 14.8. The van der Waals surface area contributed by atoms with Crippen molar-refractivity contribution >= 4 is 17.2 Å². The molecule has 134 valence electrons. The van der Waals surface area contributed by atoms with Gasteiger partial charge in [-0.1, -0.05) is 30.3 Å². The SMILES string of the molecule is O=C(NCCc1nccn1Cc1ccccc1)c1cc2c(s1)CCCC2. The van der Waals surface area contributed by atoms with E-state index < -0.39 is 0 Å². The Balaban J connectivity index is 1.33. The van der Waals surface area contributed by atoms with Gasteiger partial charge in [-0.05, 0) is 42.9 Å². The van der Waals surface area contributed by atoms with Crippen molar-refractivity contribution in [3.8, 4) is 0 Å². The van der Waals surface area contributed by atoms with E-state index in [9.17, 15) is 4.79 Å².